The van der Waals surface area contributed by atoms with Crippen molar-refractivity contribution in [1.29, 1.82) is 0 Å². The molecule has 0 spiro atoms. The van der Waals surface area contributed by atoms with Gasteiger partial charge in [-0.1, -0.05) is 6.92 Å². The van der Waals surface area contributed by atoms with Gasteiger partial charge in [0.05, 0.1) is 12.6 Å². The van der Waals surface area contributed by atoms with Gasteiger partial charge in [0.15, 0.2) is 0 Å². The van der Waals surface area contributed by atoms with Crippen molar-refractivity contribution in [2.24, 2.45) is 0 Å². The smallest absolute Gasteiger partial charge is 0.112 e. The maximum atomic E-state index is 5.08. The first-order valence-corrected chi connectivity index (χ1v) is 4.88. The molecule has 1 aromatic heterocycles. The van der Waals surface area contributed by atoms with E-state index >= 15 is 0 Å². The molecule has 0 aliphatic carbocycles. The number of rotatable bonds is 5. The van der Waals surface area contributed by atoms with E-state index in [2.05, 4.69) is 17.2 Å². The normalized spacial score (nSPS) is 13.2. The summed E-state index contributed by atoms with van der Waals surface area (Å²) in [6.07, 6.45) is 1.82. The van der Waals surface area contributed by atoms with Crippen LogP contribution in [0.25, 0.3) is 0 Å². The minimum atomic E-state index is 0.250. The summed E-state index contributed by atoms with van der Waals surface area (Å²) in [6.45, 7) is 3.70. The van der Waals surface area contributed by atoms with E-state index in [9.17, 15) is 0 Å². The lowest BCUT2D eigenvalue weighted by Crippen LogP contribution is -2.24. The molecular weight excluding hydrogens is 172 g/mol. The van der Waals surface area contributed by atoms with Crippen molar-refractivity contribution >= 4 is 11.3 Å². The Balaban J connectivity index is 2.53. The van der Waals surface area contributed by atoms with Gasteiger partial charge in [0.2, 0.25) is 0 Å². The predicted molar refractivity (Wildman–Crippen MR) is 50.4 cm³/mol. The monoisotopic (exact) mass is 186 g/mol. The van der Waals surface area contributed by atoms with Crippen molar-refractivity contribution in [3.05, 3.63) is 16.6 Å². The molecule has 0 saturated heterocycles. The van der Waals surface area contributed by atoms with Crippen LogP contribution in [-0.2, 0) is 4.74 Å². The molecule has 1 aromatic rings. The van der Waals surface area contributed by atoms with Gasteiger partial charge >= 0.3 is 0 Å². The van der Waals surface area contributed by atoms with E-state index in [1.54, 1.807) is 18.4 Å². The highest BCUT2D eigenvalue weighted by Crippen LogP contribution is 2.15. The van der Waals surface area contributed by atoms with Crippen LogP contribution in [0.5, 0.6) is 0 Å². The number of ether oxygens (including phenoxy) is 1. The maximum absolute atomic E-state index is 5.08. The van der Waals surface area contributed by atoms with Crippen LogP contribution < -0.4 is 5.32 Å². The van der Waals surface area contributed by atoms with Gasteiger partial charge in [-0.05, 0) is 6.54 Å². The van der Waals surface area contributed by atoms with E-state index < -0.39 is 0 Å². The van der Waals surface area contributed by atoms with Gasteiger partial charge in [0.25, 0.3) is 0 Å². The second kappa shape index (κ2) is 5.24. The van der Waals surface area contributed by atoms with Crippen LogP contribution in [0.4, 0.5) is 0 Å². The summed E-state index contributed by atoms with van der Waals surface area (Å²) in [5.41, 5.74) is 0. The fraction of sp³-hybridized carbons (Fsp3) is 0.625. The number of hydrogen-bond acceptors (Lipinski definition) is 4. The van der Waals surface area contributed by atoms with E-state index in [0.29, 0.717) is 6.61 Å². The largest absolute Gasteiger partial charge is 0.383 e. The van der Waals surface area contributed by atoms with Gasteiger partial charge in [0.1, 0.15) is 5.01 Å². The van der Waals surface area contributed by atoms with Gasteiger partial charge in [-0.2, -0.15) is 0 Å². The number of thiazole rings is 1. The topological polar surface area (TPSA) is 34.1 Å². The quantitative estimate of drug-likeness (QED) is 0.755. The molecule has 1 N–H and O–H groups in total. The summed E-state index contributed by atoms with van der Waals surface area (Å²) in [7, 11) is 1.71. The number of aromatic nitrogens is 1. The lowest BCUT2D eigenvalue weighted by atomic mass is 10.3. The van der Waals surface area contributed by atoms with Crippen LogP contribution in [0.2, 0.25) is 0 Å². The van der Waals surface area contributed by atoms with Gasteiger partial charge < -0.3 is 10.1 Å². The van der Waals surface area contributed by atoms with E-state index in [1.165, 1.54) is 0 Å². The van der Waals surface area contributed by atoms with Crippen molar-refractivity contribution in [2.75, 3.05) is 20.3 Å². The predicted octanol–water partition coefficient (Wildman–Crippen LogP) is 1.44. The molecule has 3 nitrogen and oxygen atoms in total. The summed E-state index contributed by atoms with van der Waals surface area (Å²) in [4.78, 5) is 4.23. The Morgan fingerprint density at radius 1 is 1.75 bits per heavy atom. The third-order valence-electron chi connectivity index (χ3n) is 1.53. The van der Waals surface area contributed by atoms with Crippen LogP contribution in [0.1, 0.15) is 18.0 Å². The van der Waals surface area contributed by atoms with Gasteiger partial charge in [-0.25, -0.2) is 4.98 Å². The van der Waals surface area contributed by atoms with E-state index in [-0.39, 0.29) is 6.04 Å². The Labute approximate surface area is 76.8 Å². The van der Waals surface area contributed by atoms with Crippen molar-refractivity contribution < 1.29 is 4.74 Å². The fourth-order valence-corrected chi connectivity index (χ4v) is 1.74. The molecular formula is C8H14N2OS. The summed E-state index contributed by atoms with van der Waals surface area (Å²) < 4.78 is 5.08. The summed E-state index contributed by atoms with van der Waals surface area (Å²) in [5.74, 6) is 0. The van der Waals surface area contributed by atoms with Crippen molar-refractivity contribution in [2.45, 2.75) is 13.0 Å². The van der Waals surface area contributed by atoms with Crippen LogP contribution in [-0.4, -0.2) is 25.2 Å². The SMILES string of the molecule is CCNC(COC)c1nccs1. The average Bonchev–Trinajstić information content (AvgIpc) is 2.56. The molecule has 0 fully saturated rings. The van der Waals surface area contributed by atoms with Crippen LogP contribution >= 0.6 is 11.3 Å². The molecule has 1 unspecified atom stereocenters. The highest BCUT2D eigenvalue weighted by atomic mass is 32.1. The van der Waals surface area contributed by atoms with Crippen LogP contribution in [0.3, 0.4) is 0 Å². The highest BCUT2D eigenvalue weighted by molar-refractivity contribution is 7.09. The molecule has 1 atom stereocenters. The molecule has 1 rings (SSSR count). The van der Waals surface area contributed by atoms with E-state index in [1.807, 2.05) is 11.6 Å². The van der Waals surface area contributed by atoms with Crippen LogP contribution in [0, 0.1) is 0 Å². The third-order valence-corrected chi connectivity index (χ3v) is 2.42. The molecule has 0 radical (unpaired) electrons. The van der Waals surface area contributed by atoms with Crippen molar-refractivity contribution in [1.82, 2.24) is 10.3 Å². The number of nitrogens with zero attached hydrogens (tertiary/aromatic N) is 1. The van der Waals surface area contributed by atoms with Crippen molar-refractivity contribution in [3.63, 3.8) is 0 Å². The average molecular weight is 186 g/mol. The zero-order valence-electron chi connectivity index (χ0n) is 7.41. The molecule has 0 bridgehead atoms. The molecule has 0 aliphatic heterocycles. The fourth-order valence-electron chi connectivity index (χ4n) is 1.04. The van der Waals surface area contributed by atoms with E-state index in [0.717, 1.165) is 11.6 Å². The number of methoxy groups -OCH3 is 1. The Morgan fingerprint density at radius 2 is 2.58 bits per heavy atom. The molecule has 1 heterocycles. The first-order valence-electron chi connectivity index (χ1n) is 4.00. The minimum Gasteiger partial charge on any atom is -0.383 e. The van der Waals surface area contributed by atoms with Crippen LogP contribution in [0.15, 0.2) is 11.6 Å². The van der Waals surface area contributed by atoms with Gasteiger partial charge in [-0.3, -0.25) is 0 Å². The number of hydrogen-bond donors (Lipinski definition) is 1. The number of likely N-dealkylation sites (N-methyl/N-ethyl adjacent to an activating group) is 1. The Kier molecular flexibility index (Phi) is 4.21. The van der Waals surface area contributed by atoms with Crippen molar-refractivity contribution in [3.8, 4) is 0 Å². The molecule has 68 valence electrons. The molecule has 0 saturated carbocycles. The molecule has 0 aliphatic rings. The first-order chi connectivity index (χ1) is 5.88. The second-order valence-corrected chi connectivity index (χ2v) is 3.36. The standard InChI is InChI=1S/C8H14N2OS/c1-3-9-7(6-11-2)8-10-4-5-12-8/h4-5,7,9H,3,6H2,1-2H3. The maximum Gasteiger partial charge on any atom is 0.112 e. The third kappa shape index (κ3) is 2.55. The first kappa shape index (κ1) is 9.64. The number of nitrogens with one attached hydrogen (secondary N) is 1. The minimum absolute atomic E-state index is 0.250. The lowest BCUT2D eigenvalue weighted by molar-refractivity contribution is 0.167. The van der Waals surface area contributed by atoms with Gasteiger partial charge in [-0.15, -0.1) is 11.3 Å². The zero-order valence-corrected chi connectivity index (χ0v) is 8.23. The summed E-state index contributed by atoms with van der Waals surface area (Å²) in [5, 5.41) is 6.39. The molecule has 0 aromatic carbocycles. The Morgan fingerprint density at radius 3 is 3.08 bits per heavy atom. The molecule has 0 amide bonds. The molecule has 4 heteroatoms. The zero-order chi connectivity index (χ0) is 8.81. The van der Waals surface area contributed by atoms with E-state index in [4.69, 9.17) is 4.74 Å². The Bertz CT molecular complexity index is 195. The molecule has 12 heavy (non-hydrogen) atoms. The second-order valence-electron chi connectivity index (χ2n) is 2.44. The van der Waals surface area contributed by atoms with Gasteiger partial charge in [0, 0.05) is 18.7 Å². The Hall–Kier alpha value is -0.450. The summed E-state index contributed by atoms with van der Waals surface area (Å²) >= 11 is 1.66. The highest BCUT2D eigenvalue weighted by Gasteiger charge is 2.11. The summed E-state index contributed by atoms with van der Waals surface area (Å²) in [6, 6.07) is 0.250. The lowest BCUT2D eigenvalue weighted by Gasteiger charge is -2.13.